The molecule has 0 aliphatic heterocycles. The van der Waals surface area contributed by atoms with Gasteiger partial charge in [0.15, 0.2) is 0 Å². The number of hydrogen-bond donors (Lipinski definition) is 0. The smallest absolute Gasteiger partial charge is 0.305 e. The second kappa shape index (κ2) is 8.73. The van der Waals surface area contributed by atoms with Gasteiger partial charge in [0, 0.05) is 5.88 Å². The zero-order valence-electron chi connectivity index (χ0n) is 12.9. The number of rotatable bonds is 8. The van der Waals surface area contributed by atoms with Crippen LogP contribution in [0.4, 0.5) is 0 Å². The van der Waals surface area contributed by atoms with Crippen molar-refractivity contribution in [3.63, 3.8) is 0 Å². The maximum atomic E-state index is 11.3. The van der Waals surface area contributed by atoms with Crippen LogP contribution in [-0.4, -0.2) is 29.4 Å². The zero-order chi connectivity index (χ0) is 15.9. The number of hydrogen-bond acceptors (Lipinski definition) is 4. The van der Waals surface area contributed by atoms with E-state index in [1.807, 2.05) is 24.3 Å². The molecule has 4 nitrogen and oxygen atoms in total. The van der Waals surface area contributed by atoms with Gasteiger partial charge in [-0.15, -0.1) is 11.6 Å². The van der Waals surface area contributed by atoms with Crippen LogP contribution in [0.15, 0.2) is 24.3 Å². The van der Waals surface area contributed by atoms with Crippen LogP contribution < -0.4 is 4.74 Å². The first-order valence-electron chi connectivity index (χ1n) is 6.84. The summed E-state index contributed by atoms with van der Waals surface area (Å²) < 4.78 is 26.9. The van der Waals surface area contributed by atoms with Gasteiger partial charge in [0.2, 0.25) is 0 Å². The second-order valence-corrected chi connectivity index (χ2v) is 6.92. The van der Waals surface area contributed by atoms with E-state index in [2.05, 4.69) is 20.8 Å². The van der Waals surface area contributed by atoms with Crippen molar-refractivity contribution in [2.24, 2.45) is 0 Å². The van der Waals surface area contributed by atoms with E-state index in [1.54, 1.807) is 6.92 Å². The maximum absolute atomic E-state index is 11.3. The minimum absolute atomic E-state index is 0.117. The Balaban J connectivity index is 2.39. The third-order valence-corrected chi connectivity index (χ3v) is 3.70. The largest absolute Gasteiger partial charge is 0.491 e. The van der Waals surface area contributed by atoms with Crippen molar-refractivity contribution in [3.8, 4) is 5.75 Å². The van der Waals surface area contributed by atoms with Crippen molar-refractivity contribution in [2.75, 3.05) is 19.1 Å². The van der Waals surface area contributed by atoms with Gasteiger partial charge in [-0.25, -0.2) is 0 Å². The lowest BCUT2D eigenvalue weighted by atomic mass is 9.87. The number of benzene rings is 1. The molecule has 2 unspecified atom stereocenters. The fraction of sp³-hybridized carbons (Fsp3) is 0.600. The Labute approximate surface area is 134 Å². The van der Waals surface area contributed by atoms with Crippen LogP contribution in [0, 0.1) is 0 Å². The van der Waals surface area contributed by atoms with E-state index in [-0.39, 0.29) is 24.0 Å². The van der Waals surface area contributed by atoms with Crippen LogP contribution >= 0.6 is 11.6 Å². The van der Waals surface area contributed by atoms with Crippen molar-refractivity contribution in [1.29, 1.82) is 0 Å². The van der Waals surface area contributed by atoms with Crippen LogP contribution in [0.5, 0.6) is 5.75 Å². The predicted molar refractivity (Wildman–Crippen MR) is 86.0 cm³/mol. The van der Waals surface area contributed by atoms with Crippen LogP contribution in [0.2, 0.25) is 0 Å². The number of halogens is 1. The molecular weight excluding hydrogens is 312 g/mol. The van der Waals surface area contributed by atoms with Crippen molar-refractivity contribution in [2.45, 2.75) is 39.2 Å². The molecule has 2 atom stereocenters. The zero-order valence-corrected chi connectivity index (χ0v) is 14.5. The summed E-state index contributed by atoms with van der Waals surface area (Å²) in [5.41, 5.74) is 1.36. The minimum atomic E-state index is -1.79. The Morgan fingerprint density at radius 3 is 2.38 bits per heavy atom. The molecule has 0 N–H and O–H groups in total. The quantitative estimate of drug-likeness (QED) is 0.681. The van der Waals surface area contributed by atoms with Gasteiger partial charge in [-0.05, 0) is 30.0 Å². The minimum Gasteiger partial charge on any atom is -0.491 e. The summed E-state index contributed by atoms with van der Waals surface area (Å²) in [5.74, 6) is 1.03. The first kappa shape index (κ1) is 18.4. The first-order valence-corrected chi connectivity index (χ1v) is 8.38. The van der Waals surface area contributed by atoms with E-state index in [4.69, 9.17) is 24.7 Å². The normalized spacial score (nSPS) is 14.7. The molecule has 1 aromatic carbocycles. The van der Waals surface area contributed by atoms with Crippen LogP contribution in [0.3, 0.4) is 0 Å². The monoisotopic (exact) mass is 334 g/mol. The van der Waals surface area contributed by atoms with Crippen molar-refractivity contribution in [3.05, 3.63) is 29.8 Å². The Hall–Kier alpha value is -0.620. The van der Waals surface area contributed by atoms with Crippen LogP contribution in [0.1, 0.15) is 33.3 Å². The van der Waals surface area contributed by atoms with Gasteiger partial charge >= 0.3 is 11.4 Å². The van der Waals surface area contributed by atoms with E-state index < -0.39 is 11.4 Å². The topological polar surface area (TPSA) is 44.8 Å². The highest BCUT2D eigenvalue weighted by molar-refractivity contribution is 7.75. The molecule has 0 saturated heterocycles. The molecule has 120 valence electrons. The molecule has 0 aromatic heterocycles. The molecule has 0 fully saturated rings. The summed E-state index contributed by atoms with van der Waals surface area (Å²) >= 11 is 3.64. The van der Waals surface area contributed by atoms with Gasteiger partial charge < -0.3 is 4.74 Å². The molecule has 0 saturated carbocycles. The van der Waals surface area contributed by atoms with Crippen molar-refractivity contribution >= 4 is 23.0 Å². The van der Waals surface area contributed by atoms with Crippen molar-refractivity contribution < 1.29 is 17.3 Å². The molecule has 0 aliphatic rings. The molecule has 0 spiro atoms. The van der Waals surface area contributed by atoms with Gasteiger partial charge in [-0.1, -0.05) is 32.9 Å². The molecule has 0 radical (unpaired) electrons. The third kappa shape index (κ3) is 7.27. The summed E-state index contributed by atoms with van der Waals surface area (Å²) in [6.45, 7) is 8.74. The fourth-order valence-corrected chi connectivity index (χ4v) is 2.32. The summed E-state index contributed by atoms with van der Waals surface area (Å²) in [7, 11) is 0. The van der Waals surface area contributed by atoms with Crippen LogP contribution in [-0.2, 0) is 25.1 Å². The van der Waals surface area contributed by atoms with Crippen molar-refractivity contribution in [1.82, 2.24) is 0 Å². The second-order valence-electron chi connectivity index (χ2n) is 5.71. The first-order chi connectivity index (χ1) is 9.82. The average Bonchev–Trinajstić information content (AvgIpc) is 2.42. The Bertz CT molecular complexity index is 442. The lowest BCUT2D eigenvalue weighted by Crippen LogP contribution is -2.20. The molecule has 1 rings (SSSR count). The molecular formula is C15H23ClO4S. The third-order valence-electron chi connectivity index (χ3n) is 2.70. The highest BCUT2D eigenvalue weighted by atomic mass is 35.5. The fourth-order valence-electron chi connectivity index (χ4n) is 1.55. The van der Waals surface area contributed by atoms with Gasteiger partial charge in [-0.2, -0.15) is 4.21 Å². The summed E-state index contributed by atoms with van der Waals surface area (Å²) in [6, 6.07) is 7.94. The average molecular weight is 335 g/mol. The Morgan fingerprint density at radius 1 is 1.24 bits per heavy atom. The Kier molecular flexibility index (Phi) is 7.66. The van der Waals surface area contributed by atoms with E-state index in [0.29, 0.717) is 6.61 Å². The molecule has 1 aromatic rings. The summed E-state index contributed by atoms with van der Waals surface area (Å²) in [6.07, 6.45) is -0.344. The van der Waals surface area contributed by atoms with Gasteiger partial charge in [0.1, 0.15) is 18.5 Å². The van der Waals surface area contributed by atoms with E-state index in [9.17, 15) is 4.21 Å². The molecule has 0 aliphatic carbocycles. The lowest BCUT2D eigenvalue weighted by molar-refractivity contribution is 0.137. The molecule has 0 bridgehead atoms. The van der Waals surface area contributed by atoms with E-state index >= 15 is 0 Å². The van der Waals surface area contributed by atoms with E-state index in [1.165, 1.54) is 5.56 Å². The standard InChI is InChI=1S/C15H23ClO4S/c1-12(20-21(17)19-10-9-16)11-18-14-7-5-13(6-8-14)15(2,3)4/h5-8,12H,9-11H2,1-4H3. The molecule has 0 amide bonds. The maximum Gasteiger partial charge on any atom is 0.305 e. The lowest BCUT2D eigenvalue weighted by Gasteiger charge is -2.19. The SMILES string of the molecule is CC(COc1ccc(C(C)(C)C)cc1)OS(=O)OCCCl. The predicted octanol–water partition coefficient (Wildman–Crippen LogP) is 3.60. The Morgan fingerprint density at radius 2 is 1.86 bits per heavy atom. The molecule has 6 heteroatoms. The molecule has 21 heavy (non-hydrogen) atoms. The molecule has 0 heterocycles. The summed E-state index contributed by atoms with van der Waals surface area (Å²) in [4.78, 5) is 0. The van der Waals surface area contributed by atoms with Crippen LogP contribution in [0.25, 0.3) is 0 Å². The number of alkyl halides is 1. The van der Waals surface area contributed by atoms with Gasteiger partial charge in [-0.3, -0.25) is 8.37 Å². The van der Waals surface area contributed by atoms with Gasteiger partial charge in [0.25, 0.3) is 0 Å². The highest BCUT2D eigenvalue weighted by Crippen LogP contribution is 2.24. The number of ether oxygens (including phenoxy) is 1. The summed E-state index contributed by atoms with van der Waals surface area (Å²) in [5, 5.41) is 0. The highest BCUT2D eigenvalue weighted by Gasteiger charge is 2.14. The van der Waals surface area contributed by atoms with E-state index in [0.717, 1.165) is 5.75 Å². The van der Waals surface area contributed by atoms with Gasteiger partial charge in [0.05, 0.1) is 6.61 Å².